The van der Waals surface area contributed by atoms with Gasteiger partial charge in [-0.2, -0.15) is 4.39 Å². The number of rotatable bonds is 14. The first-order valence-corrected chi connectivity index (χ1v) is 11.0. The smallest absolute Gasteiger partial charge is 0.201 e. The van der Waals surface area contributed by atoms with Gasteiger partial charge in [0, 0.05) is 18.4 Å². The van der Waals surface area contributed by atoms with Crippen LogP contribution in [-0.2, 0) is 4.74 Å². The number of pyridine rings is 1. The zero-order chi connectivity index (χ0) is 22.5. The summed E-state index contributed by atoms with van der Waals surface area (Å²) < 4.78 is 39.5. The van der Waals surface area contributed by atoms with Gasteiger partial charge in [0.25, 0.3) is 0 Å². The average molecular weight is 430 g/mol. The second-order valence-corrected chi connectivity index (χ2v) is 7.54. The van der Waals surface area contributed by atoms with E-state index in [1.165, 1.54) is 31.1 Å². The van der Waals surface area contributed by atoms with Crippen LogP contribution in [0.25, 0.3) is 17.3 Å². The zero-order valence-electron chi connectivity index (χ0n) is 18.6. The van der Waals surface area contributed by atoms with Crippen LogP contribution >= 0.6 is 0 Å². The van der Waals surface area contributed by atoms with Crippen LogP contribution in [0.15, 0.2) is 49.2 Å². The van der Waals surface area contributed by atoms with E-state index >= 15 is 0 Å². The molecule has 0 aliphatic heterocycles. The third-order valence-corrected chi connectivity index (χ3v) is 4.91. The Balaban J connectivity index is 1.84. The number of ether oxygens (including phenoxy) is 2. The Morgan fingerprint density at radius 2 is 1.94 bits per heavy atom. The molecule has 0 bridgehead atoms. The van der Waals surface area contributed by atoms with Crippen LogP contribution in [0.5, 0.6) is 5.75 Å². The highest BCUT2D eigenvalue weighted by molar-refractivity contribution is 5.63. The van der Waals surface area contributed by atoms with Crippen LogP contribution in [-0.4, -0.2) is 24.3 Å². The van der Waals surface area contributed by atoms with E-state index in [-0.39, 0.29) is 24.0 Å². The maximum atomic E-state index is 14.4. The molecule has 1 heterocycles. The normalized spacial score (nSPS) is 12.3. The summed E-state index contributed by atoms with van der Waals surface area (Å²) in [6.45, 7) is 8.76. The Hall–Kier alpha value is -2.53. The maximum Gasteiger partial charge on any atom is 0.201 e. The van der Waals surface area contributed by atoms with E-state index in [1.54, 1.807) is 12.3 Å². The molecule has 5 heteroatoms. The van der Waals surface area contributed by atoms with Crippen LogP contribution in [0, 0.1) is 11.6 Å². The molecule has 2 aromatic rings. The summed E-state index contributed by atoms with van der Waals surface area (Å²) in [5.41, 5.74) is 1.39. The number of benzene rings is 1. The van der Waals surface area contributed by atoms with Gasteiger partial charge in [0.2, 0.25) is 5.82 Å². The highest BCUT2D eigenvalue weighted by Gasteiger charge is 2.16. The number of unbranched alkanes of at least 4 members (excludes halogenated alkanes) is 3. The second-order valence-electron chi connectivity index (χ2n) is 7.54. The van der Waals surface area contributed by atoms with Gasteiger partial charge < -0.3 is 9.47 Å². The lowest BCUT2D eigenvalue weighted by molar-refractivity contribution is 0.0566. The van der Waals surface area contributed by atoms with E-state index < -0.39 is 11.6 Å². The molecule has 0 aliphatic rings. The fraction of sp³-hybridized carbons (Fsp3) is 0.423. The van der Waals surface area contributed by atoms with Crippen molar-refractivity contribution in [3.63, 3.8) is 0 Å². The van der Waals surface area contributed by atoms with Crippen LogP contribution in [0.2, 0.25) is 0 Å². The molecule has 0 saturated carbocycles. The van der Waals surface area contributed by atoms with Crippen molar-refractivity contribution >= 4 is 6.08 Å². The Morgan fingerprint density at radius 3 is 2.65 bits per heavy atom. The summed E-state index contributed by atoms with van der Waals surface area (Å²) in [6, 6.07) is 6.41. The third-order valence-electron chi connectivity index (χ3n) is 4.91. The first-order chi connectivity index (χ1) is 15.1. The monoisotopic (exact) mass is 429 g/mol. The maximum absolute atomic E-state index is 14.4. The lowest BCUT2D eigenvalue weighted by atomic mass is 10.1. The molecule has 31 heavy (non-hydrogen) atoms. The van der Waals surface area contributed by atoms with Crippen molar-refractivity contribution in [2.24, 2.45) is 0 Å². The summed E-state index contributed by atoms with van der Waals surface area (Å²) in [7, 11) is 0. The molecule has 1 atom stereocenters. The van der Waals surface area contributed by atoms with Gasteiger partial charge in [0.15, 0.2) is 11.6 Å². The molecule has 0 saturated heterocycles. The molecule has 0 aliphatic carbocycles. The molecule has 1 aromatic heterocycles. The van der Waals surface area contributed by atoms with Gasteiger partial charge in [-0.25, -0.2) is 4.39 Å². The molecule has 0 N–H and O–H groups in total. The molecule has 0 fully saturated rings. The van der Waals surface area contributed by atoms with Crippen molar-refractivity contribution in [3.05, 3.63) is 66.4 Å². The van der Waals surface area contributed by atoms with Crippen LogP contribution in [0.1, 0.15) is 57.9 Å². The fourth-order valence-corrected chi connectivity index (χ4v) is 3.12. The molecule has 1 unspecified atom stereocenters. The summed E-state index contributed by atoms with van der Waals surface area (Å²) in [5, 5.41) is 0. The number of allylic oxidation sites excluding steroid dienone is 1. The van der Waals surface area contributed by atoms with Gasteiger partial charge >= 0.3 is 0 Å². The lowest BCUT2D eigenvalue weighted by Gasteiger charge is -2.12. The highest BCUT2D eigenvalue weighted by atomic mass is 19.2. The van der Waals surface area contributed by atoms with Crippen molar-refractivity contribution in [2.45, 2.75) is 58.5 Å². The molecule has 3 nitrogen and oxygen atoms in total. The predicted octanol–water partition coefficient (Wildman–Crippen LogP) is 7.37. The summed E-state index contributed by atoms with van der Waals surface area (Å²) in [6.07, 6.45) is 14.1. The zero-order valence-corrected chi connectivity index (χ0v) is 18.6. The molecule has 168 valence electrons. The minimum atomic E-state index is -1.02. The van der Waals surface area contributed by atoms with Crippen molar-refractivity contribution in [1.82, 2.24) is 4.98 Å². The minimum absolute atomic E-state index is 0.104. The molecule has 0 amide bonds. The van der Waals surface area contributed by atoms with Crippen molar-refractivity contribution in [3.8, 4) is 17.0 Å². The molecule has 0 radical (unpaired) electrons. The van der Waals surface area contributed by atoms with Crippen LogP contribution < -0.4 is 4.74 Å². The number of halogens is 2. The predicted molar refractivity (Wildman–Crippen MR) is 123 cm³/mol. The highest BCUT2D eigenvalue weighted by Crippen LogP contribution is 2.29. The Morgan fingerprint density at radius 1 is 1.10 bits per heavy atom. The largest absolute Gasteiger partial charge is 0.486 e. The van der Waals surface area contributed by atoms with Crippen molar-refractivity contribution in [2.75, 3.05) is 13.2 Å². The average Bonchev–Trinajstić information content (AvgIpc) is 2.78. The van der Waals surface area contributed by atoms with E-state index in [0.717, 1.165) is 37.9 Å². The topological polar surface area (TPSA) is 31.4 Å². The molecule has 2 rings (SSSR count). The van der Waals surface area contributed by atoms with Crippen LogP contribution in [0.4, 0.5) is 8.78 Å². The summed E-state index contributed by atoms with van der Waals surface area (Å²) >= 11 is 0. The Labute approximate surface area is 184 Å². The van der Waals surface area contributed by atoms with Gasteiger partial charge in [-0.3, -0.25) is 4.98 Å². The SMILES string of the molecule is C=CCOc1ccc(-c2ccc(/C=C/CCCC(C)OCCCCC)cn2)c(F)c1F. The lowest BCUT2D eigenvalue weighted by Crippen LogP contribution is -2.08. The van der Waals surface area contributed by atoms with Gasteiger partial charge in [0.1, 0.15) is 6.61 Å². The number of hydrogen-bond donors (Lipinski definition) is 0. The molecular weight excluding hydrogens is 396 g/mol. The standard InChI is InChI=1S/C26H33F2NO2/c1-4-6-10-18-30-20(3)11-8-7-9-12-21-13-15-23(29-19-21)22-14-16-24(31-17-5-2)26(28)25(22)27/h5,9,12-16,19-20H,2,4,6-8,10-11,17-18H2,1,3H3/b12-9+. The van der Waals surface area contributed by atoms with E-state index in [0.29, 0.717) is 5.69 Å². The van der Waals surface area contributed by atoms with Crippen molar-refractivity contribution < 1.29 is 18.3 Å². The van der Waals surface area contributed by atoms with Gasteiger partial charge in [0.05, 0.1) is 11.8 Å². The van der Waals surface area contributed by atoms with E-state index in [4.69, 9.17) is 9.47 Å². The van der Waals surface area contributed by atoms with Gasteiger partial charge in [-0.1, -0.05) is 50.6 Å². The molecule has 0 spiro atoms. The van der Waals surface area contributed by atoms with Crippen LogP contribution in [0.3, 0.4) is 0 Å². The summed E-state index contributed by atoms with van der Waals surface area (Å²) in [5.74, 6) is -2.13. The first-order valence-electron chi connectivity index (χ1n) is 11.0. The van der Waals surface area contributed by atoms with E-state index in [2.05, 4.69) is 31.5 Å². The van der Waals surface area contributed by atoms with Crippen molar-refractivity contribution in [1.29, 1.82) is 0 Å². The van der Waals surface area contributed by atoms with E-state index in [1.807, 2.05) is 12.1 Å². The number of hydrogen-bond acceptors (Lipinski definition) is 3. The summed E-state index contributed by atoms with van der Waals surface area (Å²) in [4.78, 5) is 4.28. The van der Waals surface area contributed by atoms with E-state index in [9.17, 15) is 8.78 Å². The fourth-order valence-electron chi connectivity index (χ4n) is 3.12. The first kappa shape index (κ1) is 24.7. The third kappa shape index (κ3) is 8.25. The number of aromatic nitrogens is 1. The minimum Gasteiger partial charge on any atom is -0.486 e. The molecular formula is C26H33F2NO2. The quantitative estimate of drug-likeness (QED) is 0.232. The van der Waals surface area contributed by atoms with Gasteiger partial charge in [-0.15, -0.1) is 0 Å². The van der Waals surface area contributed by atoms with Gasteiger partial charge in [-0.05, 0) is 56.4 Å². The number of nitrogens with zero attached hydrogens (tertiary/aromatic N) is 1. The Kier molecular flexibility index (Phi) is 10.9. The Bertz CT molecular complexity index is 834. The molecule has 1 aromatic carbocycles. The second kappa shape index (κ2) is 13.7.